The summed E-state index contributed by atoms with van der Waals surface area (Å²) in [6, 6.07) is 13.5. The number of fused-ring (bicyclic) bond motifs is 1. The summed E-state index contributed by atoms with van der Waals surface area (Å²) in [5, 5.41) is 6.11. The van der Waals surface area contributed by atoms with Gasteiger partial charge in [-0.2, -0.15) is 0 Å². The molecule has 3 rings (SSSR count). The first-order chi connectivity index (χ1) is 10.1. The third-order valence-electron chi connectivity index (χ3n) is 3.37. The van der Waals surface area contributed by atoms with Crippen molar-refractivity contribution in [3.8, 4) is 5.75 Å². The molecular formula is C16H15IN2O2. The van der Waals surface area contributed by atoms with Crippen LogP contribution in [0.2, 0.25) is 0 Å². The van der Waals surface area contributed by atoms with Gasteiger partial charge in [-0.1, -0.05) is 18.2 Å². The number of hydrogen-bond donors (Lipinski definition) is 2. The molecule has 0 saturated heterocycles. The summed E-state index contributed by atoms with van der Waals surface area (Å²) in [5.41, 5.74) is 2.90. The van der Waals surface area contributed by atoms with Crippen molar-refractivity contribution in [2.45, 2.75) is 13.0 Å². The molecule has 0 saturated carbocycles. The van der Waals surface area contributed by atoms with Crippen LogP contribution in [0.3, 0.4) is 0 Å². The molecule has 1 unspecified atom stereocenters. The molecule has 21 heavy (non-hydrogen) atoms. The Morgan fingerprint density at radius 3 is 2.95 bits per heavy atom. The summed E-state index contributed by atoms with van der Waals surface area (Å²) >= 11 is 2.26. The van der Waals surface area contributed by atoms with Gasteiger partial charge in [0.15, 0.2) is 6.10 Å². The predicted molar refractivity (Wildman–Crippen MR) is 91.9 cm³/mol. The average molecular weight is 394 g/mol. The second-order valence-corrected chi connectivity index (χ2v) is 6.10. The Balaban J connectivity index is 1.70. The molecule has 0 bridgehead atoms. The minimum atomic E-state index is -0.529. The van der Waals surface area contributed by atoms with Crippen LogP contribution in [0.15, 0.2) is 42.5 Å². The molecule has 0 spiro atoms. The molecule has 108 valence electrons. The van der Waals surface area contributed by atoms with Crippen molar-refractivity contribution in [1.82, 2.24) is 0 Å². The van der Waals surface area contributed by atoms with E-state index in [0.717, 1.165) is 14.9 Å². The zero-order valence-electron chi connectivity index (χ0n) is 11.5. The molecule has 1 amide bonds. The standard InChI is InChI=1S/C16H15IN2O2/c1-10-6-7-11(8-12(10)17)19-16(20)15-9-18-13-4-2-3-5-14(13)21-15/h2-8,15,18H,9H2,1H3,(H,19,20). The summed E-state index contributed by atoms with van der Waals surface area (Å²) in [7, 11) is 0. The number of benzene rings is 2. The molecule has 2 aromatic rings. The van der Waals surface area contributed by atoms with E-state index in [1.807, 2.05) is 49.4 Å². The molecule has 0 aliphatic carbocycles. The van der Waals surface area contributed by atoms with Crippen molar-refractivity contribution in [1.29, 1.82) is 0 Å². The van der Waals surface area contributed by atoms with Gasteiger partial charge in [0, 0.05) is 9.26 Å². The first-order valence-electron chi connectivity index (χ1n) is 6.70. The fraction of sp³-hybridized carbons (Fsp3) is 0.188. The first kappa shape index (κ1) is 14.2. The largest absolute Gasteiger partial charge is 0.477 e. The van der Waals surface area contributed by atoms with E-state index in [1.165, 1.54) is 5.56 Å². The number of rotatable bonds is 2. The summed E-state index contributed by atoms with van der Waals surface area (Å²) < 4.78 is 6.87. The van der Waals surface area contributed by atoms with Gasteiger partial charge in [-0.05, 0) is 59.3 Å². The maximum atomic E-state index is 12.3. The summed E-state index contributed by atoms with van der Waals surface area (Å²) in [6.07, 6.45) is -0.529. The summed E-state index contributed by atoms with van der Waals surface area (Å²) in [4.78, 5) is 12.3. The minimum absolute atomic E-state index is 0.142. The van der Waals surface area contributed by atoms with Crippen LogP contribution in [0.4, 0.5) is 11.4 Å². The molecule has 2 N–H and O–H groups in total. The number of hydrogen-bond acceptors (Lipinski definition) is 3. The van der Waals surface area contributed by atoms with Gasteiger partial charge in [0.1, 0.15) is 5.75 Å². The fourth-order valence-corrected chi connectivity index (χ4v) is 2.67. The Labute approximate surface area is 137 Å². The second-order valence-electron chi connectivity index (χ2n) is 4.94. The number of aryl methyl sites for hydroxylation is 1. The monoisotopic (exact) mass is 394 g/mol. The lowest BCUT2D eigenvalue weighted by atomic mass is 10.2. The highest BCUT2D eigenvalue weighted by molar-refractivity contribution is 14.1. The molecule has 0 fully saturated rings. The molecule has 1 aliphatic heterocycles. The van der Waals surface area contributed by atoms with Crippen molar-refractivity contribution >= 4 is 39.9 Å². The van der Waals surface area contributed by atoms with E-state index in [1.54, 1.807) is 0 Å². The molecule has 0 radical (unpaired) electrons. The molecular weight excluding hydrogens is 379 g/mol. The number of carbonyl (C=O) groups excluding carboxylic acids is 1. The van der Waals surface area contributed by atoms with E-state index in [4.69, 9.17) is 4.74 Å². The van der Waals surface area contributed by atoms with Gasteiger partial charge in [0.2, 0.25) is 0 Å². The average Bonchev–Trinajstić information content (AvgIpc) is 2.50. The van der Waals surface area contributed by atoms with Crippen molar-refractivity contribution in [3.63, 3.8) is 0 Å². The number of anilines is 2. The van der Waals surface area contributed by atoms with Crippen molar-refractivity contribution in [2.75, 3.05) is 17.2 Å². The van der Waals surface area contributed by atoms with Crippen LogP contribution < -0.4 is 15.4 Å². The van der Waals surface area contributed by atoms with Crippen molar-refractivity contribution < 1.29 is 9.53 Å². The second kappa shape index (κ2) is 5.93. The topological polar surface area (TPSA) is 50.4 Å². The first-order valence-corrected chi connectivity index (χ1v) is 7.78. The Kier molecular flexibility index (Phi) is 4.01. The van der Waals surface area contributed by atoms with Crippen molar-refractivity contribution in [2.24, 2.45) is 0 Å². The van der Waals surface area contributed by atoms with Gasteiger partial charge in [0.25, 0.3) is 5.91 Å². The maximum Gasteiger partial charge on any atom is 0.267 e. The predicted octanol–water partition coefficient (Wildman–Crippen LogP) is 3.41. The number of nitrogens with one attached hydrogen (secondary N) is 2. The highest BCUT2D eigenvalue weighted by Crippen LogP contribution is 2.28. The third kappa shape index (κ3) is 3.12. The SMILES string of the molecule is Cc1ccc(NC(=O)C2CNc3ccccc3O2)cc1I. The number of para-hydroxylation sites is 2. The fourth-order valence-electron chi connectivity index (χ4n) is 2.15. The highest BCUT2D eigenvalue weighted by Gasteiger charge is 2.25. The van der Waals surface area contributed by atoms with Crippen LogP contribution in [0, 0.1) is 10.5 Å². The Morgan fingerprint density at radius 2 is 2.14 bits per heavy atom. The zero-order chi connectivity index (χ0) is 14.8. The quantitative estimate of drug-likeness (QED) is 0.768. The van der Waals surface area contributed by atoms with Crippen LogP contribution in [0.1, 0.15) is 5.56 Å². The number of amides is 1. The van der Waals surface area contributed by atoms with Gasteiger partial charge in [-0.25, -0.2) is 0 Å². The smallest absolute Gasteiger partial charge is 0.267 e. The lowest BCUT2D eigenvalue weighted by Gasteiger charge is -2.26. The van der Waals surface area contributed by atoms with Crippen LogP contribution in [0.25, 0.3) is 0 Å². The van der Waals surface area contributed by atoms with Crippen molar-refractivity contribution in [3.05, 3.63) is 51.6 Å². The van der Waals surface area contributed by atoms with Gasteiger partial charge in [0.05, 0.1) is 12.2 Å². The van der Waals surface area contributed by atoms with E-state index in [9.17, 15) is 4.79 Å². The molecule has 1 atom stereocenters. The van der Waals surface area contributed by atoms with Gasteiger partial charge >= 0.3 is 0 Å². The summed E-state index contributed by atoms with van der Waals surface area (Å²) in [6.45, 7) is 2.50. The molecule has 4 nitrogen and oxygen atoms in total. The van der Waals surface area contributed by atoms with Gasteiger partial charge < -0.3 is 15.4 Å². The lowest BCUT2D eigenvalue weighted by Crippen LogP contribution is -2.41. The minimum Gasteiger partial charge on any atom is -0.477 e. The van der Waals surface area contributed by atoms with Gasteiger partial charge in [-0.15, -0.1) is 0 Å². The van der Waals surface area contributed by atoms with Crippen LogP contribution in [-0.4, -0.2) is 18.6 Å². The molecule has 5 heteroatoms. The Bertz CT molecular complexity index is 688. The molecule has 2 aromatic carbocycles. The molecule has 0 aromatic heterocycles. The Morgan fingerprint density at radius 1 is 1.33 bits per heavy atom. The van der Waals surface area contributed by atoms with E-state index in [-0.39, 0.29) is 5.91 Å². The van der Waals surface area contributed by atoms with E-state index in [2.05, 4.69) is 33.2 Å². The molecule has 1 aliphatic rings. The van der Waals surface area contributed by atoms with Crippen LogP contribution in [-0.2, 0) is 4.79 Å². The van der Waals surface area contributed by atoms with Gasteiger partial charge in [-0.3, -0.25) is 4.79 Å². The van der Waals surface area contributed by atoms with E-state index in [0.29, 0.717) is 12.3 Å². The highest BCUT2D eigenvalue weighted by atomic mass is 127. The van der Waals surface area contributed by atoms with Crippen LogP contribution >= 0.6 is 22.6 Å². The van der Waals surface area contributed by atoms with E-state index < -0.39 is 6.10 Å². The normalized spacial score (nSPS) is 16.4. The third-order valence-corrected chi connectivity index (χ3v) is 4.53. The van der Waals surface area contributed by atoms with E-state index >= 15 is 0 Å². The number of halogens is 1. The van der Waals surface area contributed by atoms with Crippen LogP contribution in [0.5, 0.6) is 5.75 Å². The summed E-state index contributed by atoms with van der Waals surface area (Å²) in [5.74, 6) is 0.569. The maximum absolute atomic E-state index is 12.3. The Hall–Kier alpha value is -1.76. The number of ether oxygens (including phenoxy) is 1. The number of carbonyl (C=O) groups is 1. The molecule has 1 heterocycles. The lowest BCUT2D eigenvalue weighted by molar-refractivity contribution is -0.122. The zero-order valence-corrected chi connectivity index (χ0v) is 13.7.